The molecule has 0 amide bonds. The highest BCUT2D eigenvalue weighted by Crippen LogP contribution is 1.97. The van der Waals surface area contributed by atoms with Gasteiger partial charge in [0.2, 0.25) is 0 Å². The topological polar surface area (TPSA) is 46.5 Å². The number of hydrogen-bond acceptors (Lipinski definition) is 3. The lowest BCUT2D eigenvalue weighted by Gasteiger charge is -2.06. The van der Waals surface area contributed by atoms with Gasteiger partial charge in [-0.1, -0.05) is 18.7 Å². The van der Waals surface area contributed by atoms with E-state index in [1.165, 1.54) is 6.92 Å². The predicted molar refractivity (Wildman–Crippen MR) is 57.8 cm³/mol. The maximum absolute atomic E-state index is 10.7. The molecule has 1 atom stereocenters. The summed E-state index contributed by atoms with van der Waals surface area (Å²) >= 11 is 0. The first-order chi connectivity index (χ1) is 6.61. The molecule has 3 nitrogen and oxygen atoms in total. The van der Waals surface area contributed by atoms with E-state index < -0.39 is 12.1 Å². The zero-order chi connectivity index (χ0) is 11.6. The maximum atomic E-state index is 10.7. The fourth-order valence-corrected chi connectivity index (χ4v) is 0.535. The molecule has 0 bridgehead atoms. The number of hydrogen-bond donors (Lipinski definition) is 1. The van der Waals surface area contributed by atoms with Gasteiger partial charge in [-0.2, -0.15) is 0 Å². The van der Waals surface area contributed by atoms with Crippen molar-refractivity contribution < 1.29 is 14.6 Å². The smallest absolute Gasteiger partial charge is 0.334 e. The molecular formula is C11H18O3. The van der Waals surface area contributed by atoms with Gasteiger partial charge >= 0.3 is 5.97 Å². The summed E-state index contributed by atoms with van der Waals surface area (Å²) < 4.78 is 4.72. The molecular weight excluding hydrogens is 180 g/mol. The van der Waals surface area contributed by atoms with Crippen molar-refractivity contribution in [3.05, 3.63) is 37.5 Å². The fourth-order valence-electron chi connectivity index (χ4n) is 0.535. The van der Waals surface area contributed by atoms with Crippen molar-refractivity contribution in [3.63, 3.8) is 0 Å². The van der Waals surface area contributed by atoms with Crippen LogP contribution in [0.2, 0.25) is 0 Å². The van der Waals surface area contributed by atoms with Crippen molar-refractivity contribution in [3.8, 4) is 0 Å². The molecule has 0 aromatic carbocycles. The SMILES string of the molecule is C=C.C=C/C(=C\C)COC(=O)[C@H](C)O. The van der Waals surface area contributed by atoms with Crippen LogP contribution in [-0.2, 0) is 9.53 Å². The Morgan fingerprint density at radius 3 is 2.36 bits per heavy atom. The van der Waals surface area contributed by atoms with Gasteiger partial charge in [-0.05, 0) is 19.4 Å². The van der Waals surface area contributed by atoms with Crippen LogP contribution >= 0.6 is 0 Å². The van der Waals surface area contributed by atoms with Crippen LogP contribution in [0.15, 0.2) is 37.5 Å². The fraction of sp³-hybridized carbons (Fsp3) is 0.364. The molecule has 0 rings (SSSR count). The molecule has 0 aromatic rings. The molecule has 0 aliphatic heterocycles. The molecule has 0 aromatic heterocycles. The van der Waals surface area contributed by atoms with Gasteiger partial charge in [0.25, 0.3) is 0 Å². The minimum Gasteiger partial charge on any atom is -0.459 e. The Morgan fingerprint density at radius 1 is 1.57 bits per heavy atom. The number of allylic oxidation sites excluding steroid dienone is 1. The third kappa shape index (κ3) is 7.31. The first kappa shape index (κ1) is 15.1. The summed E-state index contributed by atoms with van der Waals surface area (Å²) in [6.07, 6.45) is 2.34. The highest BCUT2D eigenvalue weighted by Gasteiger charge is 2.09. The number of aliphatic hydroxyl groups excluding tert-OH is 1. The van der Waals surface area contributed by atoms with E-state index in [-0.39, 0.29) is 6.61 Å². The van der Waals surface area contributed by atoms with E-state index in [0.717, 1.165) is 5.57 Å². The van der Waals surface area contributed by atoms with Gasteiger partial charge in [-0.15, -0.1) is 13.2 Å². The highest BCUT2D eigenvalue weighted by atomic mass is 16.5. The number of esters is 1. The highest BCUT2D eigenvalue weighted by molar-refractivity contribution is 5.73. The normalized spacial score (nSPS) is 12.1. The summed E-state index contributed by atoms with van der Waals surface area (Å²) in [4.78, 5) is 10.7. The molecule has 0 saturated heterocycles. The first-order valence-corrected chi connectivity index (χ1v) is 4.24. The van der Waals surface area contributed by atoms with Gasteiger partial charge in [0.1, 0.15) is 12.7 Å². The molecule has 80 valence electrons. The van der Waals surface area contributed by atoms with Crippen LogP contribution in [0.3, 0.4) is 0 Å². The van der Waals surface area contributed by atoms with Crippen molar-refractivity contribution in [1.29, 1.82) is 0 Å². The lowest BCUT2D eigenvalue weighted by molar-refractivity contribution is -0.151. The Labute approximate surface area is 85.4 Å². The van der Waals surface area contributed by atoms with Crippen molar-refractivity contribution in [2.75, 3.05) is 6.61 Å². The van der Waals surface area contributed by atoms with Crippen LogP contribution in [0.4, 0.5) is 0 Å². The largest absolute Gasteiger partial charge is 0.459 e. The molecule has 0 unspecified atom stereocenters. The maximum Gasteiger partial charge on any atom is 0.334 e. The predicted octanol–water partition coefficient (Wildman–Crippen LogP) is 1.84. The van der Waals surface area contributed by atoms with E-state index in [4.69, 9.17) is 9.84 Å². The lowest BCUT2D eigenvalue weighted by Crippen LogP contribution is -2.20. The van der Waals surface area contributed by atoms with Crippen molar-refractivity contribution >= 4 is 5.97 Å². The van der Waals surface area contributed by atoms with Gasteiger partial charge in [0, 0.05) is 0 Å². The second-order valence-electron chi connectivity index (χ2n) is 2.35. The van der Waals surface area contributed by atoms with Gasteiger partial charge in [0.05, 0.1) is 0 Å². The number of aliphatic hydroxyl groups is 1. The summed E-state index contributed by atoms with van der Waals surface area (Å²) in [6, 6.07) is 0. The van der Waals surface area contributed by atoms with E-state index in [9.17, 15) is 4.79 Å². The molecule has 0 radical (unpaired) electrons. The Kier molecular flexibility index (Phi) is 10.5. The zero-order valence-corrected chi connectivity index (χ0v) is 8.82. The van der Waals surface area contributed by atoms with E-state index in [1.54, 1.807) is 12.2 Å². The van der Waals surface area contributed by atoms with Crippen LogP contribution < -0.4 is 0 Å². The van der Waals surface area contributed by atoms with Gasteiger partial charge in [0.15, 0.2) is 0 Å². The van der Waals surface area contributed by atoms with Crippen LogP contribution in [-0.4, -0.2) is 23.8 Å². The molecule has 0 fully saturated rings. The average Bonchev–Trinajstić information content (AvgIpc) is 2.22. The summed E-state index contributed by atoms with van der Waals surface area (Å²) in [6.45, 7) is 12.9. The third-order valence-electron chi connectivity index (χ3n) is 1.36. The van der Waals surface area contributed by atoms with Crippen LogP contribution in [0.1, 0.15) is 13.8 Å². The molecule has 0 spiro atoms. The third-order valence-corrected chi connectivity index (χ3v) is 1.36. The molecule has 0 aliphatic carbocycles. The van der Waals surface area contributed by atoms with E-state index in [1.807, 2.05) is 6.92 Å². The monoisotopic (exact) mass is 198 g/mol. The minimum absolute atomic E-state index is 0.170. The van der Waals surface area contributed by atoms with Crippen LogP contribution in [0.25, 0.3) is 0 Å². The van der Waals surface area contributed by atoms with E-state index in [0.29, 0.717) is 0 Å². The number of carbonyl (C=O) groups excluding carboxylic acids is 1. The standard InChI is InChI=1S/C9H14O3.C2H4/c1-4-8(5-2)6-12-9(11)7(3)10;1-2/h4-5,7,10H,1,6H2,2-3H3;1-2H2/b8-5+;/t7-;/m0./s1. The number of carbonyl (C=O) groups is 1. The number of ether oxygens (including phenoxy) is 1. The van der Waals surface area contributed by atoms with Crippen molar-refractivity contribution in [2.24, 2.45) is 0 Å². The van der Waals surface area contributed by atoms with Crippen molar-refractivity contribution in [1.82, 2.24) is 0 Å². The van der Waals surface area contributed by atoms with Gasteiger partial charge in [-0.3, -0.25) is 0 Å². The molecule has 0 saturated carbocycles. The zero-order valence-electron chi connectivity index (χ0n) is 8.82. The van der Waals surface area contributed by atoms with E-state index >= 15 is 0 Å². The molecule has 3 heteroatoms. The van der Waals surface area contributed by atoms with Gasteiger partial charge in [-0.25, -0.2) is 4.79 Å². The summed E-state index contributed by atoms with van der Waals surface area (Å²) in [7, 11) is 0. The summed E-state index contributed by atoms with van der Waals surface area (Å²) in [5.74, 6) is -0.615. The van der Waals surface area contributed by atoms with Crippen LogP contribution in [0, 0.1) is 0 Å². The van der Waals surface area contributed by atoms with Crippen LogP contribution in [0.5, 0.6) is 0 Å². The molecule has 14 heavy (non-hydrogen) atoms. The Bertz CT molecular complexity index is 205. The second kappa shape index (κ2) is 9.74. The quantitative estimate of drug-likeness (QED) is 0.426. The van der Waals surface area contributed by atoms with Gasteiger partial charge < -0.3 is 9.84 Å². The Balaban J connectivity index is 0. The Morgan fingerprint density at radius 2 is 2.07 bits per heavy atom. The minimum atomic E-state index is -1.06. The first-order valence-electron chi connectivity index (χ1n) is 4.24. The lowest BCUT2D eigenvalue weighted by atomic mass is 10.3. The van der Waals surface area contributed by atoms with Crippen molar-refractivity contribution in [2.45, 2.75) is 20.0 Å². The summed E-state index contributed by atoms with van der Waals surface area (Å²) in [5, 5.41) is 8.76. The molecule has 0 aliphatic rings. The van der Waals surface area contributed by atoms with E-state index in [2.05, 4.69) is 19.7 Å². The summed E-state index contributed by atoms with van der Waals surface area (Å²) in [5.41, 5.74) is 0.823. The average molecular weight is 198 g/mol. The Hall–Kier alpha value is -1.35. The number of rotatable bonds is 4. The molecule has 1 N–H and O–H groups in total. The second-order valence-corrected chi connectivity index (χ2v) is 2.35. The molecule has 0 heterocycles.